The fraction of sp³-hybridized carbons (Fsp3) is 0.828. The molecule has 3 aliphatic rings. The normalized spacial score (nSPS) is 26.7. The van der Waals surface area contributed by atoms with Crippen molar-refractivity contribution in [1.29, 1.82) is 0 Å². The number of carbonyl (C=O) groups is 3. The van der Waals surface area contributed by atoms with Gasteiger partial charge in [0.25, 0.3) is 0 Å². The van der Waals surface area contributed by atoms with E-state index >= 15 is 0 Å². The van der Waals surface area contributed by atoms with Gasteiger partial charge in [-0.2, -0.15) is 0 Å². The molecule has 10 nitrogen and oxygen atoms in total. The third kappa shape index (κ3) is 11.6. The Balaban J connectivity index is 1.62. The van der Waals surface area contributed by atoms with Gasteiger partial charge in [-0.15, -0.1) is 0 Å². The number of nitrogens with zero attached hydrogens (tertiary/aromatic N) is 2. The third-order valence-electron chi connectivity index (χ3n) is 7.68. The van der Waals surface area contributed by atoms with E-state index in [0.29, 0.717) is 26.1 Å². The van der Waals surface area contributed by atoms with E-state index in [1.54, 1.807) is 0 Å². The van der Waals surface area contributed by atoms with Crippen molar-refractivity contribution in [1.82, 2.24) is 20.6 Å². The van der Waals surface area contributed by atoms with Crippen LogP contribution in [0.5, 0.6) is 0 Å². The van der Waals surface area contributed by atoms with Gasteiger partial charge in [0.1, 0.15) is 6.04 Å². The number of morpholine rings is 1. The van der Waals surface area contributed by atoms with Gasteiger partial charge < -0.3 is 19.7 Å². The molecule has 10 heteroatoms. The summed E-state index contributed by atoms with van der Waals surface area (Å²) in [5, 5.41) is 3.03. The van der Waals surface area contributed by atoms with Crippen molar-refractivity contribution in [2.75, 3.05) is 52.5 Å². The highest BCUT2D eigenvalue weighted by atomic mass is 16.8. The Morgan fingerprint density at radius 2 is 1.79 bits per heavy atom. The maximum atomic E-state index is 13.7. The van der Waals surface area contributed by atoms with E-state index in [1.807, 2.05) is 18.7 Å². The summed E-state index contributed by atoms with van der Waals surface area (Å²) in [6.07, 6.45) is 11.5. The Hall–Kier alpha value is -2.01. The van der Waals surface area contributed by atoms with Crippen molar-refractivity contribution in [3.05, 3.63) is 12.2 Å². The number of carbonyl (C=O) groups excluding carboxylic acids is 3. The third-order valence-corrected chi connectivity index (χ3v) is 7.68. The van der Waals surface area contributed by atoms with Crippen LogP contribution in [0.4, 0.5) is 0 Å². The Bertz CT molecular complexity index is 780. The summed E-state index contributed by atoms with van der Waals surface area (Å²) < 4.78 is 10.9. The molecule has 0 radical (unpaired) electrons. The fourth-order valence-corrected chi connectivity index (χ4v) is 5.27. The lowest BCUT2D eigenvalue weighted by Crippen LogP contribution is -2.53. The summed E-state index contributed by atoms with van der Waals surface area (Å²) in [4.78, 5) is 49.6. The molecule has 0 aliphatic carbocycles. The lowest BCUT2D eigenvalue weighted by molar-refractivity contribution is -0.200. The quantitative estimate of drug-likeness (QED) is 0.336. The lowest BCUT2D eigenvalue weighted by Gasteiger charge is -2.32. The maximum Gasteiger partial charge on any atom is 0.245 e. The van der Waals surface area contributed by atoms with Gasteiger partial charge in [-0.1, -0.05) is 26.0 Å². The second-order valence-corrected chi connectivity index (χ2v) is 11.2. The maximum absolute atomic E-state index is 13.7. The van der Waals surface area contributed by atoms with Gasteiger partial charge in [-0.05, 0) is 57.3 Å². The highest BCUT2D eigenvalue weighted by molar-refractivity contribution is 5.90. The molecule has 3 rings (SSSR count). The van der Waals surface area contributed by atoms with Crippen LogP contribution in [0.2, 0.25) is 0 Å². The van der Waals surface area contributed by atoms with Crippen LogP contribution < -0.4 is 10.8 Å². The molecule has 3 aliphatic heterocycles. The molecule has 0 aromatic rings. The molecule has 2 saturated heterocycles. The molecule has 0 aromatic carbocycles. The van der Waals surface area contributed by atoms with Gasteiger partial charge in [-0.3, -0.25) is 19.3 Å². The standard InChI is InChI=1S/C29H50N4O6/c1-23(2)27-29(36)33(16-11-14-32-17-20-37-21-18-32)15-9-6-4-3-5-7-12-24(28(35)30-27)22-25(34)31-39-26-13-8-10-19-38-26/h3-4,23-24,26-27H,5-22H2,1-2H3,(H,30,35)(H,31,34)/t24-,26?,27+/m1/s1. The molecule has 0 aromatic heterocycles. The smallest absolute Gasteiger partial charge is 0.245 e. The Labute approximate surface area is 234 Å². The zero-order valence-corrected chi connectivity index (χ0v) is 24.0. The molecular weight excluding hydrogens is 500 g/mol. The monoisotopic (exact) mass is 550 g/mol. The summed E-state index contributed by atoms with van der Waals surface area (Å²) >= 11 is 0. The van der Waals surface area contributed by atoms with Crippen LogP contribution in [0.15, 0.2) is 12.2 Å². The van der Waals surface area contributed by atoms with Crippen LogP contribution in [-0.2, 0) is 28.7 Å². The van der Waals surface area contributed by atoms with Gasteiger partial charge in [0.15, 0.2) is 6.29 Å². The number of nitrogens with one attached hydrogen (secondary N) is 2. The van der Waals surface area contributed by atoms with E-state index < -0.39 is 18.2 Å². The lowest BCUT2D eigenvalue weighted by atomic mass is 9.94. The number of hydrogen-bond acceptors (Lipinski definition) is 7. The van der Waals surface area contributed by atoms with Crippen LogP contribution in [-0.4, -0.2) is 92.4 Å². The Morgan fingerprint density at radius 3 is 2.51 bits per heavy atom. The largest absolute Gasteiger partial charge is 0.379 e. The van der Waals surface area contributed by atoms with Crippen molar-refractivity contribution in [3.63, 3.8) is 0 Å². The first-order chi connectivity index (χ1) is 18.9. The molecule has 39 heavy (non-hydrogen) atoms. The minimum Gasteiger partial charge on any atom is -0.379 e. The minimum atomic E-state index is -0.628. The molecule has 0 spiro atoms. The number of allylic oxidation sites excluding steroid dienone is 2. The number of rotatable bonds is 9. The van der Waals surface area contributed by atoms with Crippen molar-refractivity contribution >= 4 is 17.7 Å². The van der Waals surface area contributed by atoms with Crippen LogP contribution in [0, 0.1) is 11.8 Å². The molecule has 2 N–H and O–H groups in total. The van der Waals surface area contributed by atoms with Crippen LogP contribution in [0.25, 0.3) is 0 Å². The van der Waals surface area contributed by atoms with Crippen molar-refractivity contribution in [2.45, 2.75) is 90.4 Å². The SMILES string of the molecule is CC(C)[C@@H]1NC(=O)[C@@H](CC(=O)NOC2CCCCO2)CCCC=CCCCN(CCCN2CCOCC2)C1=O. The summed E-state index contributed by atoms with van der Waals surface area (Å²) in [6.45, 7) is 10.2. The van der Waals surface area contributed by atoms with E-state index in [9.17, 15) is 14.4 Å². The molecule has 0 saturated carbocycles. The molecule has 3 amide bonds. The van der Waals surface area contributed by atoms with Gasteiger partial charge in [-0.25, -0.2) is 10.3 Å². The zero-order valence-electron chi connectivity index (χ0n) is 24.0. The first-order valence-corrected chi connectivity index (χ1v) is 15.0. The Kier molecular flexibility index (Phi) is 14.2. The van der Waals surface area contributed by atoms with E-state index in [4.69, 9.17) is 14.3 Å². The second kappa shape index (κ2) is 17.6. The molecule has 2 fully saturated rings. The number of amides is 3. The summed E-state index contributed by atoms with van der Waals surface area (Å²) in [7, 11) is 0. The Morgan fingerprint density at radius 1 is 1.03 bits per heavy atom. The van der Waals surface area contributed by atoms with E-state index in [-0.39, 0.29) is 30.1 Å². The van der Waals surface area contributed by atoms with Crippen molar-refractivity contribution in [2.24, 2.45) is 11.8 Å². The minimum absolute atomic E-state index is 0.00450. The number of ether oxygens (including phenoxy) is 2. The van der Waals surface area contributed by atoms with Gasteiger partial charge in [0.05, 0.1) is 13.2 Å². The predicted octanol–water partition coefficient (Wildman–Crippen LogP) is 2.78. The van der Waals surface area contributed by atoms with Crippen LogP contribution in [0.3, 0.4) is 0 Å². The molecule has 222 valence electrons. The first kappa shape index (κ1) is 31.5. The number of hydroxylamine groups is 1. The molecule has 3 heterocycles. The van der Waals surface area contributed by atoms with Crippen molar-refractivity contribution < 1.29 is 28.7 Å². The second-order valence-electron chi connectivity index (χ2n) is 11.2. The average molecular weight is 551 g/mol. The average Bonchev–Trinajstić information content (AvgIpc) is 2.94. The highest BCUT2D eigenvalue weighted by Gasteiger charge is 2.32. The van der Waals surface area contributed by atoms with Gasteiger partial charge in [0.2, 0.25) is 17.7 Å². The fourth-order valence-electron chi connectivity index (χ4n) is 5.27. The van der Waals surface area contributed by atoms with E-state index in [1.165, 1.54) is 0 Å². The molecular formula is C29H50N4O6. The van der Waals surface area contributed by atoms with Gasteiger partial charge in [0, 0.05) is 58.1 Å². The highest BCUT2D eigenvalue weighted by Crippen LogP contribution is 2.18. The van der Waals surface area contributed by atoms with Crippen LogP contribution >= 0.6 is 0 Å². The summed E-state index contributed by atoms with van der Waals surface area (Å²) in [5.74, 6) is -1.25. The van der Waals surface area contributed by atoms with E-state index in [2.05, 4.69) is 27.8 Å². The zero-order chi connectivity index (χ0) is 27.9. The van der Waals surface area contributed by atoms with Crippen molar-refractivity contribution in [3.8, 4) is 0 Å². The molecule has 0 bridgehead atoms. The molecule has 1 unspecified atom stereocenters. The van der Waals surface area contributed by atoms with E-state index in [0.717, 1.165) is 84.2 Å². The predicted molar refractivity (Wildman–Crippen MR) is 148 cm³/mol. The first-order valence-electron chi connectivity index (χ1n) is 15.0. The summed E-state index contributed by atoms with van der Waals surface area (Å²) in [5.41, 5.74) is 2.48. The number of hydrogen-bond donors (Lipinski definition) is 2. The molecule has 3 atom stereocenters. The topological polar surface area (TPSA) is 109 Å². The summed E-state index contributed by atoms with van der Waals surface area (Å²) in [6, 6.07) is -0.628. The van der Waals surface area contributed by atoms with Gasteiger partial charge >= 0.3 is 0 Å². The van der Waals surface area contributed by atoms with Crippen LogP contribution in [0.1, 0.15) is 78.1 Å².